The molecule has 114 heavy (non-hydrogen) atoms. The van der Waals surface area contributed by atoms with Gasteiger partial charge in [-0.15, -0.1) is 0 Å². The molecule has 35 heteroatoms. The molecule has 1 fully saturated rings. The lowest BCUT2D eigenvalue weighted by molar-refractivity contribution is -0.136. The van der Waals surface area contributed by atoms with Crippen molar-refractivity contribution in [1.29, 1.82) is 5.41 Å². The maximum atomic E-state index is 15.4. The van der Waals surface area contributed by atoms with Crippen molar-refractivity contribution in [3.63, 3.8) is 0 Å². The highest BCUT2D eigenvalue weighted by atomic mass is 16.3. The second-order valence-corrected chi connectivity index (χ2v) is 27.5. The highest BCUT2D eigenvalue weighted by Gasteiger charge is 2.38. The number of aromatic hydroxyl groups is 2. The molecule has 35 nitrogen and oxygen atoms in total. The summed E-state index contributed by atoms with van der Waals surface area (Å²) < 4.78 is 0. The largest absolute Gasteiger partial charge is 0.508 e. The van der Waals surface area contributed by atoms with Crippen molar-refractivity contribution in [3.8, 4) is 22.6 Å². The molecule has 1 unspecified atom stereocenters. The Hall–Kier alpha value is -14.0. The van der Waals surface area contributed by atoms with Crippen LogP contribution in [0.1, 0.15) is 66.1 Å². The third kappa shape index (κ3) is 25.3. The van der Waals surface area contributed by atoms with Crippen LogP contribution in [-0.2, 0) is 101 Å². The fourth-order valence-corrected chi connectivity index (χ4v) is 12.6. The molecule has 6 aromatic carbocycles. The Morgan fingerprint density at radius 1 is 0.544 bits per heavy atom. The number of guanidine groups is 1. The van der Waals surface area contributed by atoms with Crippen LogP contribution < -0.4 is 86.7 Å². The molecule has 0 aliphatic carbocycles. The number of aromatic nitrogens is 3. The number of nitrogens with two attached hydrogens (primary N) is 4. The maximum Gasteiger partial charge on any atom is 0.245 e. The van der Waals surface area contributed by atoms with E-state index in [0.29, 0.717) is 38.7 Å². The Bertz CT molecular complexity index is 4720. The van der Waals surface area contributed by atoms with Crippen LogP contribution in [0.5, 0.6) is 11.5 Å². The number of nitrogens with one attached hydrogen (secondary N) is 15. The van der Waals surface area contributed by atoms with Gasteiger partial charge in [0.25, 0.3) is 0 Å². The number of amides is 13. The fraction of sp³-hybridized carbons (Fsp3) is 0.304. The number of primary amides is 2. The summed E-state index contributed by atoms with van der Waals surface area (Å²) >= 11 is 0. The highest BCUT2D eigenvalue weighted by Crippen LogP contribution is 2.23. The molecule has 9 rings (SSSR count). The molecular weight excluding hydrogens is 1470 g/mol. The number of rotatable bonds is 24. The van der Waals surface area contributed by atoms with Gasteiger partial charge in [-0.25, -0.2) is 4.98 Å². The molecule has 1 aliphatic rings. The van der Waals surface area contributed by atoms with E-state index in [1.165, 1.54) is 68.0 Å². The van der Waals surface area contributed by atoms with Crippen LogP contribution in [-0.4, -0.2) is 187 Å². The summed E-state index contributed by atoms with van der Waals surface area (Å²) in [5, 5.41) is 59.4. The molecule has 2 aromatic heterocycles. The molecule has 0 saturated carbocycles. The van der Waals surface area contributed by atoms with E-state index < -0.39 is 175 Å². The van der Waals surface area contributed by atoms with E-state index >= 15 is 28.8 Å². The number of phenolic OH excluding ortho intramolecular Hbond substituents is 2. The van der Waals surface area contributed by atoms with E-state index in [2.05, 4.69) is 78.8 Å². The number of aromatic amines is 2. The van der Waals surface area contributed by atoms with E-state index in [0.717, 1.165) is 11.1 Å². The molecule has 1 saturated heterocycles. The highest BCUT2D eigenvalue weighted by molar-refractivity contribution is 6.01. The van der Waals surface area contributed by atoms with Crippen LogP contribution in [0.2, 0.25) is 0 Å². The lowest BCUT2D eigenvalue weighted by atomic mass is 9.99. The topological polar surface area (TPSA) is 579 Å². The maximum absolute atomic E-state index is 15.4. The molecule has 0 spiro atoms. The summed E-state index contributed by atoms with van der Waals surface area (Å²) in [6, 6.07) is 23.9. The summed E-state index contributed by atoms with van der Waals surface area (Å²) in [6.45, 7) is 0.256. The molecule has 1 aliphatic heterocycles. The van der Waals surface area contributed by atoms with Gasteiger partial charge >= 0.3 is 0 Å². The molecule has 0 radical (unpaired) electrons. The smallest absolute Gasteiger partial charge is 0.245 e. The number of benzene rings is 6. The first-order valence-electron chi connectivity index (χ1n) is 36.6. The Morgan fingerprint density at radius 3 is 1.67 bits per heavy atom. The van der Waals surface area contributed by atoms with Crippen molar-refractivity contribution >= 4 is 93.7 Å². The van der Waals surface area contributed by atoms with E-state index in [1.807, 2.05) is 30.3 Å². The molecular formula is C79H92N20O15. The van der Waals surface area contributed by atoms with Crippen LogP contribution in [0.25, 0.3) is 22.0 Å². The Morgan fingerprint density at radius 2 is 1.06 bits per heavy atom. The monoisotopic (exact) mass is 1560 g/mol. The van der Waals surface area contributed by atoms with E-state index in [4.69, 9.17) is 28.3 Å². The third-order valence-electron chi connectivity index (χ3n) is 18.7. The number of imidazole rings is 1. The molecule has 13 amide bonds. The van der Waals surface area contributed by atoms with Gasteiger partial charge in [0.05, 0.1) is 30.9 Å². The SMILES string of the molecule is C[C@@H]1NC(=O)[C@H](CC(N)=O)NC(=O)[C@H](Cc2c[nH]c3ccccc23)NC(=O)[C@H](CCCNC(=N)N)NC(=O)[C@@H](Cc2ccc(-c3ccccc3)cc2)NC(=O)[C@H](Cc2c[nH]cn2)NC(=O)C[C@@H](NC(=O)[C@@H](N)Cc2ccc(O)cc2)C(=O)NCC(C(=O)N[C@@H](Cc2ccc(O)cc2)C(N)=O)NC(=O)[C@H](Cc2ccccc2)NC1=O. The van der Waals surface area contributed by atoms with Crippen molar-refractivity contribution < 1.29 is 72.5 Å². The predicted molar refractivity (Wildman–Crippen MR) is 416 cm³/mol. The minimum Gasteiger partial charge on any atom is -0.508 e. The van der Waals surface area contributed by atoms with Gasteiger partial charge in [-0.1, -0.05) is 127 Å². The zero-order valence-electron chi connectivity index (χ0n) is 62.0. The van der Waals surface area contributed by atoms with Crippen LogP contribution in [0, 0.1) is 5.41 Å². The first-order valence-corrected chi connectivity index (χ1v) is 36.6. The average Bonchev–Trinajstić information content (AvgIpc) is 1.73. The number of hydrogen-bond acceptors (Lipinski definition) is 18. The predicted octanol–water partition coefficient (Wildman–Crippen LogP) is -1.94. The van der Waals surface area contributed by atoms with E-state index in [-0.39, 0.29) is 68.7 Å². The molecule has 3 heterocycles. The quantitative estimate of drug-likeness (QED) is 0.0178. The van der Waals surface area contributed by atoms with Gasteiger partial charge in [0.15, 0.2) is 5.96 Å². The van der Waals surface area contributed by atoms with Gasteiger partial charge < -0.3 is 107 Å². The lowest BCUT2D eigenvalue weighted by Gasteiger charge is -2.28. The summed E-state index contributed by atoms with van der Waals surface area (Å²) in [4.78, 5) is 201. The van der Waals surface area contributed by atoms with Crippen molar-refractivity contribution in [2.45, 2.75) is 138 Å². The molecule has 8 aromatic rings. The van der Waals surface area contributed by atoms with Gasteiger partial charge in [-0.3, -0.25) is 67.7 Å². The number of H-pyrrole nitrogens is 2. The van der Waals surface area contributed by atoms with Gasteiger partial charge in [-0.2, -0.15) is 0 Å². The first kappa shape index (κ1) is 84.0. The summed E-state index contributed by atoms with van der Waals surface area (Å²) in [5.74, 6) is -14.8. The van der Waals surface area contributed by atoms with Crippen molar-refractivity contribution in [2.24, 2.45) is 22.9 Å². The van der Waals surface area contributed by atoms with Gasteiger partial charge in [0, 0.05) is 68.5 Å². The number of hydrogen-bond donors (Lipinski definition) is 21. The van der Waals surface area contributed by atoms with Gasteiger partial charge in [-0.05, 0) is 95.5 Å². The zero-order valence-corrected chi connectivity index (χ0v) is 62.0. The second-order valence-electron chi connectivity index (χ2n) is 27.5. The summed E-state index contributed by atoms with van der Waals surface area (Å²) in [5.41, 5.74) is 28.3. The molecule has 0 bridgehead atoms. The van der Waals surface area contributed by atoms with Gasteiger partial charge in [0.2, 0.25) is 76.8 Å². The van der Waals surface area contributed by atoms with Crippen LogP contribution in [0.15, 0.2) is 176 Å². The number of carbonyl (C=O) groups excluding carboxylic acids is 13. The average molecular weight is 1560 g/mol. The number of nitrogens with zero attached hydrogens (tertiary/aromatic N) is 1. The van der Waals surface area contributed by atoms with Crippen molar-refractivity contribution in [2.75, 3.05) is 13.1 Å². The molecule has 25 N–H and O–H groups in total. The van der Waals surface area contributed by atoms with E-state index in [9.17, 15) is 43.8 Å². The first-order chi connectivity index (χ1) is 54.6. The number of fused-ring (bicyclic) bond motifs is 1. The minimum absolute atomic E-state index is 0.0168. The van der Waals surface area contributed by atoms with Crippen molar-refractivity contribution in [1.82, 2.24) is 78.8 Å². The zero-order chi connectivity index (χ0) is 82.0. The Labute approximate surface area is 653 Å². The van der Waals surface area contributed by atoms with Crippen molar-refractivity contribution in [3.05, 3.63) is 210 Å². The fourth-order valence-electron chi connectivity index (χ4n) is 12.6. The third-order valence-corrected chi connectivity index (χ3v) is 18.7. The summed E-state index contributed by atoms with van der Waals surface area (Å²) in [7, 11) is 0. The number of para-hydroxylation sites is 1. The Kier molecular flexibility index (Phi) is 29.9. The minimum atomic E-state index is -1.97. The number of phenols is 2. The van der Waals surface area contributed by atoms with E-state index in [1.54, 1.807) is 85.1 Å². The summed E-state index contributed by atoms with van der Waals surface area (Å²) in [6.07, 6.45) is 0.377. The lowest BCUT2D eigenvalue weighted by Crippen LogP contribution is -2.62. The molecule has 11 atom stereocenters. The van der Waals surface area contributed by atoms with Crippen LogP contribution in [0.3, 0.4) is 0 Å². The van der Waals surface area contributed by atoms with Crippen LogP contribution >= 0.6 is 0 Å². The Balaban J connectivity index is 1.14. The van der Waals surface area contributed by atoms with Crippen LogP contribution in [0.4, 0.5) is 0 Å². The standard InChI is InChI=1S/C79H92N20O15/c1-43-69(105)94-59(33-44-11-4-2-5-12-44)75(111)99-65(78(114)93-58(68(82)104)32-47-22-28-53(101)29-23-47)41-88-71(107)64(95-70(106)55(80)31-45-20-26-52(100)27-21-45)38-67(103)91-62(36-51-40-85-42-89-51)77(113)96-60(34-46-18-24-49(25-19-46)48-13-6-3-7-14-48)74(110)92-57(17-10-30-86-79(83)84)72(108)97-61(35-50-39-87-56-16-9-8-15-54(50)56)76(112)98-63(37-66(81)102)73(109)90-43/h2-9,11-16,18-29,39-40,42-43,55,57-65,87,100-101H,10,17,30-38,41,80H2,1H3,(H2,81,102)(H2,82,104)(H,85,89)(H,88,107)(H,90,109)(H,91,103)(H,92,110)(H,93,114)(H,94,105)(H,95,106)(H,96,113)(H,97,108)(H,98,112)(H,99,111)(H4,83,84,86)/t43-,55-,57-,58-,59-,60+,61-,62-,63-,64+,65?/m0/s1. The van der Waals surface area contributed by atoms with Gasteiger partial charge in [0.1, 0.15) is 71.9 Å². The second kappa shape index (κ2) is 40.6. The normalized spacial score (nSPS) is 20.6. The number of carbonyl (C=O) groups is 13. The molecule has 598 valence electrons.